The SMILES string of the molecule is CCOc1ccc(/C=C/C(=O)N[C@@H](C)c2ccc(OC)c(F)c2)cc1. The second kappa shape index (κ2) is 8.87. The van der Waals surface area contributed by atoms with Crippen LogP contribution in [0.3, 0.4) is 0 Å². The van der Waals surface area contributed by atoms with Crippen LogP contribution in [0.4, 0.5) is 4.39 Å². The Morgan fingerprint density at radius 1 is 1.24 bits per heavy atom. The third kappa shape index (κ3) is 5.35. The van der Waals surface area contributed by atoms with E-state index in [1.165, 1.54) is 19.3 Å². The van der Waals surface area contributed by atoms with Gasteiger partial charge in [-0.25, -0.2) is 4.39 Å². The van der Waals surface area contributed by atoms with Crippen LogP contribution in [0.5, 0.6) is 11.5 Å². The molecule has 5 heteroatoms. The highest BCUT2D eigenvalue weighted by molar-refractivity contribution is 5.92. The van der Waals surface area contributed by atoms with E-state index in [1.54, 1.807) is 25.1 Å². The zero-order chi connectivity index (χ0) is 18.2. The van der Waals surface area contributed by atoms with Crippen molar-refractivity contribution in [3.05, 3.63) is 65.5 Å². The van der Waals surface area contributed by atoms with Crippen molar-refractivity contribution in [2.24, 2.45) is 0 Å². The maximum Gasteiger partial charge on any atom is 0.244 e. The molecule has 0 aliphatic rings. The molecule has 2 aromatic rings. The van der Waals surface area contributed by atoms with Crippen molar-refractivity contribution in [3.63, 3.8) is 0 Å². The summed E-state index contributed by atoms with van der Waals surface area (Å²) in [6.07, 6.45) is 3.17. The van der Waals surface area contributed by atoms with E-state index in [2.05, 4.69) is 5.32 Å². The molecule has 0 heterocycles. The van der Waals surface area contributed by atoms with Crippen LogP contribution in [0, 0.1) is 5.82 Å². The van der Waals surface area contributed by atoms with E-state index in [9.17, 15) is 9.18 Å². The van der Waals surface area contributed by atoms with Gasteiger partial charge in [-0.2, -0.15) is 0 Å². The number of benzene rings is 2. The normalized spacial score (nSPS) is 12.0. The van der Waals surface area contributed by atoms with Crippen LogP contribution in [0.2, 0.25) is 0 Å². The van der Waals surface area contributed by atoms with Crippen LogP contribution in [0.1, 0.15) is 31.0 Å². The van der Waals surface area contributed by atoms with E-state index in [4.69, 9.17) is 9.47 Å². The second-order valence-electron chi connectivity index (χ2n) is 5.46. The molecule has 0 unspecified atom stereocenters. The minimum atomic E-state index is -0.453. The molecule has 0 saturated carbocycles. The molecule has 25 heavy (non-hydrogen) atoms. The van der Waals surface area contributed by atoms with Gasteiger partial charge in [0.2, 0.25) is 5.91 Å². The molecule has 2 aromatic carbocycles. The largest absolute Gasteiger partial charge is 0.494 e. The number of carbonyl (C=O) groups is 1. The highest BCUT2D eigenvalue weighted by Crippen LogP contribution is 2.21. The molecular formula is C20H22FNO3. The Hall–Kier alpha value is -2.82. The summed E-state index contributed by atoms with van der Waals surface area (Å²) in [7, 11) is 1.41. The maximum absolute atomic E-state index is 13.7. The van der Waals surface area contributed by atoms with Gasteiger partial charge in [0.25, 0.3) is 0 Å². The maximum atomic E-state index is 13.7. The van der Waals surface area contributed by atoms with Gasteiger partial charge in [0, 0.05) is 6.08 Å². The third-order valence-corrected chi connectivity index (χ3v) is 3.65. The predicted octanol–water partition coefficient (Wildman–Crippen LogP) is 4.12. The zero-order valence-corrected chi connectivity index (χ0v) is 14.6. The summed E-state index contributed by atoms with van der Waals surface area (Å²) >= 11 is 0. The lowest BCUT2D eigenvalue weighted by Gasteiger charge is -2.14. The summed E-state index contributed by atoms with van der Waals surface area (Å²) in [6.45, 7) is 4.33. The first-order chi connectivity index (χ1) is 12.0. The molecule has 0 aromatic heterocycles. The summed E-state index contributed by atoms with van der Waals surface area (Å²) in [5, 5.41) is 2.80. The van der Waals surface area contributed by atoms with Crippen LogP contribution >= 0.6 is 0 Å². The first-order valence-electron chi connectivity index (χ1n) is 8.08. The molecular weight excluding hydrogens is 321 g/mol. The number of amides is 1. The second-order valence-corrected chi connectivity index (χ2v) is 5.46. The van der Waals surface area contributed by atoms with Gasteiger partial charge >= 0.3 is 0 Å². The fraction of sp³-hybridized carbons (Fsp3) is 0.250. The average Bonchev–Trinajstić information content (AvgIpc) is 2.61. The zero-order valence-electron chi connectivity index (χ0n) is 14.6. The number of rotatable bonds is 7. The molecule has 2 rings (SSSR count). The van der Waals surface area contributed by atoms with Gasteiger partial charge in [-0.15, -0.1) is 0 Å². The lowest BCUT2D eigenvalue weighted by molar-refractivity contribution is -0.117. The first-order valence-corrected chi connectivity index (χ1v) is 8.08. The lowest BCUT2D eigenvalue weighted by atomic mass is 10.1. The summed E-state index contributed by atoms with van der Waals surface area (Å²) in [4.78, 5) is 12.0. The number of hydrogen-bond acceptors (Lipinski definition) is 3. The van der Waals surface area contributed by atoms with Gasteiger partial charge < -0.3 is 14.8 Å². The fourth-order valence-corrected chi connectivity index (χ4v) is 2.31. The number of halogens is 1. The van der Waals surface area contributed by atoms with Crippen molar-refractivity contribution >= 4 is 12.0 Å². The van der Waals surface area contributed by atoms with Crippen LogP contribution in [0.25, 0.3) is 6.08 Å². The highest BCUT2D eigenvalue weighted by atomic mass is 19.1. The van der Waals surface area contributed by atoms with E-state index in [-0.39, 0.29) is 17.7 Å². The Balaban J connectivity index is 1.95. The van der Waals surface area contributed by atoms with Crippen LogP contribution < -0.4 is 14.8 Å². The van der Waals surface area contributed by atoms with Gasteiger partial charge in [0.15, 0.2) is 11.6 Å². The minimum absolute atomic E-state index is 0.178. The average molecular weight is 343 g/mol. The predicted molar refractivity (Wildman–Crippen MR) is 96.2 cm³/mol. The quantitative estimate of drug-likeness (QED) is 0.769. The highest BCUT2D eigenvalue weighted by Gasteiger charge is 2.11. The molecule has 0 spiro atoms. The van der Waals surface area contributed by atoms with Gasteiger partial charge in [0.1, 0.15) is 5.75 Å². The number of ether oxygens (including phenoxy) is 2. The van der Waals surface area contributed by atoms with E-state index in [0.717, 1.165) is 11.3 Å². The van der Waals surface area contributed by atoms with Crippen molar-refractivity contribution in [2.75, 3.05) is 13.7 Å². The molecule has 0 bridgehead atoms. The Labute approximate surface area is 147 Å². The Kier molecular flexibility index (Phi) is 6.57. The van der Waals surface area contributed by atoms with E-state index < -0.39 is 5.82 Å². The van der Waals surface area contributed by atoms with Crippen LogP contribution in [-0.4, -0.2) is 19.6 Å². The molecule has 0 aliphatic carbocycles. The van der Waals surface area contributed by atoms with E-state index in [0.29, 0.717) is 12.2 Å². The summed E-state index contributed by atoms with van der Waals surface area (Å²) in [5.41, 5.74) is 1.56. The monoisotopic (exact) mass is 343 g/mol. The molecule has 0 saturated heterocycles. The molecule has 1 N–H and O–H groups in total. The number of methoxy groups -OCH3 is 1. The van der Waals surface area contributed by atoms with Crippen molar-refractivity contribution in [1.29, 1.82) is 0 Å². The Bertz CT molecular complexity index is 741. The lowest BCUT2D eigenvalue weighted by Crippen LogP contribution is -2.24. The van der Waals surface area contributed by atoms with Gasteiger partial charge in [-0.05, 0) is 55.3 Å². The standard InChI is InChI=1S/C20H22FNO3/c1-4-25-17-9-5-15(6-10-17)7-12-20(23)22-14(2)16-8-11-19(24-3)18(21)13-16/h5-14H,4H2,1-3H3,(H,22,23)/b12-7+/t14-/m0/s1. The molecule has 0 fully saturated rings. The Morgan fingerprint density at radius 2 is 1.96 bits per heavy atom. The first kappa shape index (κ1) is 18.5. The molecule has 4 nitrogen and oxygen atoms in total. The van der Waals surface area contributed by atoms with E-state index in [1.807, 2.05) is 31.2 Å². The summed E-state index contributed by atoms with van der Waals surface area (Å²) in [5.74, 6) is 0.264. The smallest absolute Gasteiger partial charge is 0.244 e. The van der Waals surface area contributed by atoms with Gasteiger partial charge in [0.05, 0.1) is 19.8 Å². The van der Waals surface area contributed by atoms with Crippen molar-refractivity contribution in [3.8, 4) is 11.5 Å². The van der Waals surface area contributed by atoms with Gasteiger partial charge in [-0.1, -0.05) is 18.2 Å². The molecule has 1 atom stereocenters. The molecule has 132 valence electrons. The fourth-order valence-electron chi connectivity index (χ4n) is 2.31. The third-order valence-electron chi connectivity index (χ3n) is 3.65. The topological polar surface area (TPSA) is 47.6 Å². The summed E-state index contributed by atoms with van der Waals surface area (Å²) in [6, 6.07) is 11.8. The van der Waals surface area contributed by atoms with Crippen molar-refractivity contribution in [2.45, 2.75) is 19.9 Å². The number of hydrogen-bond donors (Lipinski definition) is 1. The minimum Gasteiger partial charge on any atom is -0.494 e. The van der Waals surface area contributed by atoms with E-state index >= 15 is 0 Å². The van der Waals surface area contributed by atoms with Gasteiger partial charge in [-0.3, -0.25) is 4.79 Å². The Morgan fingerprint density at radius 3 is 2.56 bits per heavy atom. The van der Waals surface area contributed by atoms with Crippen LogP contribution in [-0.2, 0) is 4.79 Å². The summed E-state index contributed by atoms with van der Waals surface area (Å²) < 4.78 is 24.0. The number of carbonyl (C=O) groups excluding carboxylic acids is 1. The molecule has 0 radical (unpaired) electrons. The van der Waals surface area contributed by atoms with Crippen molar-refractivity contribution in [1.82, 2.24) is 5.32 Å². The van der Waals surface area contributed by atoms with Crippen LogP contribution in [0.15, 0.2) is 48.5 Å². The molecule has 0 aliphatic heterocycles. The number of nitrogens with one attached hydrogen (secondary N) is 1. The molecule has 1 amide bonds. The van der Waals surface area contributed by atoms with Crippen molar-refractivity contribution < 1.29 is 18.7 Å².